The topological polar surface area (TPSA) is 78.6 Å². The first-order chi connectivity index (χ1) is 15.8. The number of carbonyl (C=O) groups excluding carboxylic acids is 1. The number of thioether (sulfide) groups is 1. The van der Waals surface area contributed by atoms with Crippen molar-refractivity contribution in [3.8, 4) is 6.07 Å². The van der Waals surface area contributed by atoms with Crippen LogP contribution in [0.1, 0.15) is 56.2 Å². The number of amides is 1. The number of hydrogen-bond acceptors (Lipinski definition) is 7. The van der Waals surface area contributed by atoms with Gasteiger partial charge in [-0.15, -0.1) is 0 Å². The third kappa shape index (κ3) is 5.34. The molecule has 2 aliphatic rings. The monoisotopic (exact) mass is 488 g/mol. The molecule has 2 aliphatic heterocycles. The summed E-state index contributed by atoms with van der Waals surface area (Å²) in [6.45, 7) is 9.33. The molecule has 178 valence electrons. The van der Waals surface area contributed by atoms with Crippen LogP contribution in [-0.2, 0) is 16.1 Å². The van der Waals surface area contributed by atoms with E-state index in [1.165, 1.54) is 11.8 Å². The molecule has 3 rings (SSSR count). The number of aromatic nitrogens is 1. The average Bonchev–Trinajstić information content (AvgIpc) is 3.06. The summed E-state index contributed by atoms with van der Waals surface area (Å²) in [7, 11) is 1.63. The lowest BCUT2D eigenvalue weighted by molar-refractivity contribution is -0.122. The highest BCUT2D eigenvalue weighted by atomic mass is 32.2. The molecule has 0 spiro atoms. The minimum absolute atomic E-state index is 0.134. The molecule has 2 saturated heterocycles. The Morgan fingerprint density at radius 3 is 2.58 bits per heavy atom. The third-order valence-electron chi connectivity index (χ3n) is 6.26. The summed E-state index contributed by atoms with van der Waals surface area (Å²) in [5, 5.41) is 9.76. The number of ether oxygens (including phenoxy) is 1. The summed E-state index contributed by atoms with van der Waals surface area (Å²) in [5.74, 6) is 1.32. The van der Waals surface area contributed by atoms with Gasteiger partial charge in [0, 0.05) is 45.5 Å². The van der Waals surface area contributed by atoms with Crippen LogP contribution in [0.5, 0.6) is 0 Å². The molecule has 0 aromatic carbocycles. The Morgan fingerprint density at radius 1 is 1.27 bits per heavy atom. The van der Waals surface area contributed by atoms with Crippen LogP contribution >= 0.6 is 24.0 Å². The van der Waals surface area contributed by atoms with Crippen molar-refractivity contribution in [2.45, 2.75) is 53.0 Å². The van der Waals surface area contributed by atoms with E-state index in [1.54, 1.807) is 23.5 Å². The molecule has 7 nitrogen and oxygen atoms in total. The minimum atomic E-state index is -0.255. The number of methoxy groups -OCH3 is 1. The maximum atomic E-state index is 13.2. The van der Waals surface area contributed by atoms with E-state index < -0.39 is 0 Å². The van der Waals surface area contributed by atoms with Crippen molar-refractivity contribution in [2.75, 3.05) is 38.3 Å². The smallest absolute Gasteiger partial charge is 0.270 e. The molecule has 0 N–H and O–H groups in total. The molecule has 0 aliphatic carbocycles. The predicted molar refractivity (Wildman–Crippen MR) is 137 cm³/mol. The van der Waals surface area contributed by atoms with Crippen molar-refractivity contribution in [1.82, 2.24) is 9.47 Å². The highest BCUT2D eigenvalue weighted by molar-refractivity contribution is 8.26. The molecule has 0 unspecified atom stereocenters. The van der Waals surface area contributed by atoms with Gasteiger partial charge in [0.15, 0.2) is 0 Å². The molecule has 1 aromatic heterocycles. The van der Waals surface area contributed by atoms with Gasteiger partial charge in [0.05, 0.1) is 4.91 Å². The third-order valence-corrected chi connectivity index (χ3v) is 7.63. The molecule has 0 bridgehead atoms. The maximum Gasteiger partial charge on any atom is 0.270 e. The van der Waals surface area contributed by atoms with E-state index in [4.69, 9.17) is 17.0 Å². The predicted octanol–water partition coefficient (Wildman–Crippen LogP) is 3.91. The first kappa shape index (κ1) is 25.5. The quantitative estimate of drug-likeness (QED) is 0.312. The molecule has 0 atom stereocenters. The Balaban J connectivity index is 2.13. The van der Waals surface area contributed by atoms with Crippen LogP contribution in [-0.4, -0.2) is 53.0 Å². The number of thiocarbonyl (C=S) groups is 1. The fraction of sp³-hybridized carbons (Fsp3) is 0.583. The van der Waals surface area contributed by atoms with Crippen LogP contribution in [0.3, 0.4) is 0 Å². The van der Waals surface area contributed by atoms with Gasteiger partial charge in [0.25, 0.3) is 11.5 Å². The number of nitrogens with zero attached hydrogens (tertiary/aromatic N) is 4. The maximum absolute atomic E-state index is 13.2. The van der Waals surface area contributed by atoms with E-state index in [0.717, 1.165) is 43.7 Å². The van der Waals surface area contributed by atoms with Crippen LogP contribution in [0.4, 0.5) is 5.82 Å². The van der Waals surface area contributed by atoms with Gasteiger partial charge in [-0.05, 0) is 50.2 Å². The molecule has 0 saturated carbocycles. The molecule has 0 radical (unpaired) electrons. The lowest BCUT2D eigenvalue weighted by Gasteiger charge is -2.35. The molecule has 1 aromatic rings. The Hall–Kier alpha value is -2.15. The number of anilines is 1. The second-order valence-electron chi connectivity index (χ2n) is 8.66. The normalized spacial score (nSPS) is 18.5. The lowest BCUT2D eigenvalue weighted by atomic mass is 9.97. The van der Waals surface area contributed by atoms with Gasteiger partial charge in [-0.3, -0.25) is 19.1 Å². The van der Waals surface area contributed by atoms with Crippen LogP contribution < -0.4 is 10.5 Å². The van der Waals surface area contributed by atoms with Crippen molar-refractivity contribution in [1.29, 1.82) is 5.26 Å². The Kier molecular flexibility index (Phi) is 8.74. The van der Waals surface area contributed by atoms with Crippen molar-refractivity contribution in [3.05, 3.63) is 31.9 Å². The molecule has 33 heavy (non-hydrogen) atoms. The number of pyridine rings is 1. The van der Waals surface area contributed by atoms with E-state index >= 15 is 0 Å². The molecule has 9 heteroatoms. The van der Waals surface area contributed by atoms with Crippen molar-refractivity contribution in [3.63, 3.8) is 0 Å². The highest BCUT2D eigenvalue weighted by Gasteiger charge is 2.33. The fourth-order valence-corrected chi connectivity index (χ4v) is 5.62. The van der Waals surface area contributed by atoms with Crippen LogP contribution in [0, 0.1) is 24.2 Å². The zero-order chi connectivity index (χ0) is 24.1. The summed E-state index contributed by atoms with van der Waals surface area (Å²) < 4.78 is 7.36. The van der Waals surface area contributed by atoms with Crippen molar-refractivity contribution >= 4 is 46.1 Å². The summed E-state index contributed by atoms with van der Waals surface area (Å²) >= 11 is 6.74. The summed E-state index contributed by atoms with van der Waals surface area (Å²) in [6.07, 6.45) is 5.39. The SMILES string of the molecule is CCCn1c(N2CCC(C)CC2)c(/C=C2/SC(=S)N(CCCOC)C2=O)c(C)c(C#N)c1=O. The minimum Gasteiger partial charge on any atom is -0.385 e. The Morgan fingerprint density at radius 2 is 1.97 bits per heavy atom. The standard InChI is InChI=1S/C24H32N4O3S2/c1-5-9-27-21(26-11-7-16(2)8-12-26)18(17(3)19(15-25)22(27)29)14-20-23(30)28(24(32)33-20)10-6-13-31-4/h14,16H,5-13H2,1-4H3/b20-14+. The van der Waals surface area contributed by atoms with E-state index in [-0.39, 0.29) is 17.0 Å². The van der Waals surface area contributed by atoms with Crippen LogP contribution in [0.2, 0.25) is 0 Å². The van der Waals surface area contributed by atoms with E-state index in [1.807, 2.05) is 13.0 Å². The number of rotatable bonds is 8. The van der Waals surface area contributed by atoms with E-state index in [2.05, 4.69) is 17.9 Å². The van der Waals surface area contributed by atoms with Gasteiger partial charge >= 0.3 is 0 Å². The number of carbonyl (C=O) groups is 1. The zero-order valence-electron chi connectivity index (χ0n) is 19.8. The van der Waals surface area contributed by atoms with Crippen molar-refractivity contribution in [2.24, 2.45) is 5.92 Å². The molecule has 3 heterocycles. The van der Waals surface area contributed by atoms with Gasteiger partial charge in [0.1, 0.15) is 21.8 Å². The van der Waals surface area contributed by atoms with Gasteiger partial charge in [0.2, 0.25) is 0 Å². The molecular formula is C24H32N4O3S2. The van der Waals surface area contributed by atoms with Crippen LogP contribution in [0.15, 0.2) is 9.70 Å². The van der Waals surface area contributed by atoms with Gasteiger partial charge in [-0.1, -0.05) is 37.8 Å². The summed E-state index contributed by atoms with van der Waals surface area (Å²) in [4.78, 5) is 30.8. The van der Waals surface area contributed by atoms with Crippen molar-refractivity contribution < 1.29 is 9.53 Å². The van der Waals surface area contributed by atoms with Crippen LogP contribution in [0.25, 0.3) is 6.08 Å². The van der Waals surface area contributed by atoms with Gasteiger partial charge < -0.3 is 9.64 Å². The van der Waals surface area contributed by atoms with E-state index in [0.29, 0.717) is 46.8 Å². The second-order valence-corrected chi connectivity index (χ2v) is 10.3. The number of nitriles is 1. The highest BCUT2D eigenvalue weighted by Crippen LogP contribution is 2.36. The van der Waals surface area contributed by atoms with E-state index in [9.17, 15) is 14.9 Å². The first-order valence-electron chi connectivity index (χ1n) is 11.5. The second kappa shape index (κ2) is 11.3. The number of piperidine rings is 1. The summed E-state index contributed by atoms with van der Waals surface area (Å²) in [5.41, 5.74) is 1.27. The largest absolute Gasteiger partial charge is 0.385 e. The van der Waals surface area contributed by atoms with Gasteiger partial charge in [-0.2, -0.15) is 5.26 Å². The molecular weight excluding hydrogens is 456 g/mol. The average molecular weight is 489 g/mol. The first-order valence-corrected chi connectivity index (χ1v) is 12.7. The molecule has 1 amide bonds. The zero-order valence-corrected chi connectivity index (χ0v) is 21.5. The Labute approximate surface area is 205 Å². The van der Waals surface area contributed by atoms with Gasteiger partial charge in [-0.25, -0.2) is 0 Å². The lowest BCUT2D eigenvalue weighted by Crippen LogP contribution is -2.39. The fourth-order valence-electron chi connectivity index (χ4n) is 4.33. The molecule has 2 fully saturated rings. The Bertz CT molecular complexity index is 1050. The summed E-state index contributed by atoms with van der Waals surface area (Å²) in [6, 6.07) is 2.11. The number of hydrogen-bond donors (Lipinski definition) is 0.